The summed E-state index contributed by atoms with van der Waals surface area (Å²) in [5, 5.41) is 9.43. The van der Waals surface area contributed by atoms with Gasteiger partial charge in [-0.3, -0.25) is 9.59 Å². The van der Waals surface area contributed by atoms with Crippen LogP contribution in [-0.4, -0.2) is 41.6 Å². The van der Waals surface area contributed by atoms with Crippen molar-refractivity contribution in [1.82, 2.24) is 4.90 Å². The molecule has 0 unspecified atom stereocenters. The molecule has 0 saturated heterocycles. The van der Waals surface area contributed by atoms with Crippen LogP contribution in [-0.2, 0) is 9.59 Å². The lowest BCUT2D eigenvalue weighted by Crippen LogP contribution is -2.40. The zero-order valence-corrected chi connectivity index (χ0v) is 13.6. The number of halogens is 2. The number of nitrogens with zero attached hydrogens (tertiary/aromatic N) is 1. The summed E-state index contributed by atoms with van der Waals surface area (Å²) in [6, 6.07) is 4.98. The summed E-state index contributed by atoms with van der Waals surface area (Å²) in [6.45, 7) is -0.00298. The van der Waals surface area contributed by atoms with E-state index < -0.39 is 5.97 Å². The van der Waals surface area contributed by atoms with Crippen LogP contribution in [0.1, 0.15) is 12.8 Å². The minimum atomic E-state index is -1.02. The van der Waals surface area contributed by atoms with Crippen molar-refractivity contribution in [1.29, 1.82) is 0 Å². The average molecular weight is 377 g/mol. The van der Waals surface area contributed by atoms with Crippen molar-refractivity contribution >= 4 is 39.4 Å². The molecule has 1 aliphatic carbocycles. The second kappa shape index (κ2) is 7.13. The second-order valence-corrected chi connectivity index (χ2v) is 6.27. The molecule has 7 heteroatoms. The molecule has 1 N–H and O–H groups in total. The Morgan fingerprint density at radius 1 is 1.43 bits per heavy atom. The van der Waals surface area contributed by atoms with Gasteiger partial charge in [0.1, 0.15) is 12.3 Å². The molecule has 0 atom stereocenters. The number of hydrogen-bond acceptors (Lipinski definition) is 3. The van der Waals surface area contributed by atoms with Gasteiger partial charge in [-0.15, -0.1) is 0 Å². The van der Waals surface area contributed by atoms with Crippen LogP contribution in [0.3, 0.4) is 0 Å². The fraction of sp³-hybridized carbons (Fsp3) is 0.429. The van der Waals surface area contributed by atoms with Gasteiger partial charge in [0.15, 0.2) is 6.61 Å². The van der Waals surface area contributed by atoms with Crippen molar-refractivity contribution in [2.75, 3.05) is 19.7 Å². The predicted molar refractivity (Wildman–Crippen MR) is 81.6 cm³/mol. The van der Waals surface area contributed by atoms with Crippen molar-refractivity contribution < 1.29 is 19.4 Å². The van der Waals surface area contributed by atoms with Crippen LogP contribution in [0.4, 0.5) is 0 Å². The number of aliphatic carboxylic acids is 1. The molecular formula is C14H15BrClNO4. The minimum Gasteiger partial charge on any atom is -0.483 e. The molecule has 0 spiro atoms. The van der Waals surface area contributed by atoms with Crippen molar-refractivity contribution in [3.63, 3.8) is 0 Å². The molecule has 0 aromatic heterocycles. The number of ether oxygens (including phenoxy) is 1. The number of amides is 1. The highest BCUT2D eigenvalue weighted by Gasteiger charge is 2.28. The normalized spacial score (nSPS) is 13.8. The molecular weight excluding hydrogens is 362 g/mol. The molecule has 0 radical (unpaired) electrons. The Balaban J connectivity index is 1.92. The van der Waals surface area contributed by atoms with Crippen LogP contribution in [0.25, 0.3) is 0 Å². The zero-order chi connectivity index (χ0) is 15.4. The lowest BCUT2D eigenvalue weighted by Gasteiger charge is -2.20. The number of carbonyl (C=O) groups is 2. The van der Waals surface area contributed by atoms with E-state index in [1.54, 1.807) is 18.2 Å². The maximum Gasteiger partial charge on any atom is 0.323 e. The van der Waals surface area contributed by atoms with Crippen molar-refractivity contribution in [2.24, 2.45) is 5.92 Å². The van der Waals surface area contributed by atoms with Gasteiger partial charge in [-0.1, -0.05) is 11.6 Å². The van der Waals surface area contributed by atoms with Gasteiger partial charge in [0.25, 0.3) is 5.91 Å². The third kappa shape index (κ3) is 5.21. The summed E-state index contributed by atoms with van der Waals surface area (Å²) in [4.78, 5) is 24.3. The predicted octanol–water partition coefficient (Wildman–Crippen LogP) is 2.80. The smallest absolute Gasteiger partial charge is 0.323 e. The van der Waals surface area contributed by atoms with E-state index in [1.807, 2.05) is 0 Å². The summed E-state index contributed by atoms with van der Waals surface area (Å²) in [5.41, 5.74) is 0. The number of carbonyl (C=O) groups excluding carboxylic acids is 1. The Morgan fingerprint density at radius 3 is 2.71 bits per heavy atom. The second-order valence-electron chi connectivity index (χ2n) is 4.97. The number of rotatable bonds is 7. The number of carboxylic acid groups (broad SMARTS) is 1. The Hall–Kier alpha value is -1.27. The van der Waals surface area contributed by atoms with E-state index >= 15 is 0 Å². The van der Waals surface area contributed by atoms with E-state index in [0.717, 1.165) is 12.8 Å². The average Bonchev–Trinajstić information content (AvgIpc) is 3.20. The fourth-order valence-corrected chi connectivity index (χ4v) is 2.65. The number of benzene rings is 1. The van der Waals surface area contributed by atoms with Crippen LogP contribution in [0.5, 0.6) is 5.75 Å². The number of hydrogen-bond donors (Lipinski definition) is 1. The molecule has 0 aliphatic heterocycles. The van der Waals surface area contributed by atoms with Crippen LogP contribution in [0.2, 0.25) is 5.02 Å². The topological polar surface area (TPSA) is 66.8 Å². The molecule has 1 amide bonds. The van der Waals surface area contributed by atoms with Gasteiger partial charge in [0.2, 0.25) is 0 Å². The van der Waals surface area contributed by atoms with Gasteiger partial charge in [0, 0.05) is 11.6 Å². The first-order chi connectivity index (χ1) is 9.95. The van der Waals surface area contributed by atoms with Crippen molar-refractivity contribution in [3.8, 4) is 5.75 Å². The van der Waals surface area contributed by atoms with Gasteiger partial charge in [-0.05, 0) is 52.9 Å². The number of carboxylic acids is 1. The maximum absolute atomic E-state index is 12.1. The summed E-state index contributed by atoms with van der Waals surface area (Å²) < 4.78 is 6.08. The first-order valence-corrected chi connectivity index (χ1v) is 7.70. The lowest BCUT2D eigenvalue weighted by molar-refractivity contribution is -0.145. The van der Waals surface area contributed by atoms with Crippen LogP contribution in [0.15, 0.2) is 22.7 Å². The standard InChI is InChI=1S/C14H15BrClNO4/c15-11-5-10(16)3-4-12(11)21-8-13(18)17(7-14(19)20)6-9-1-2-9/h3-5,9H,1-2,6-8H2,(H,19,20). The molecule has 21 heavy (non-hydrogen) atoms. The molecule has 0 heterocycles. The van der Waals surface area contributed by atoms with E-state index in [1.165, 1.54) is 4.90 Å². The van der Waals surface area contributed by atoms with Crippen LogP contribution < -0.4 is 4.74 Å². The Labute approximate surface area is 136 Å². The molecule has 1 saturated carbocycles. The van der Waals surface area contributed by atoms with Gasteiger partial charge in [0.05, 0.1) is 4.47 Å². The molecule has 1 aliphatic rings. The first-order valence-electron chi connectivity index (χ1n) is 6.53. The van der Waals surface area contributed by atoms with E-state index in [0.29, 0.717) is 27.7 Å². The molecule has 1 fully saturated rings. The van der Waals surface area contributed by atoms with Crippen LogP contribution in [0, 0.1) is 5.92 Å². The molecule has 0 bridgehead atoms. The van der Waals surface area contributed by atoms with E-state index in [9.17, 15) is 9.59 Å². The summed E-state index contributed by atoms with van der Waals surface area (Å²) in [5.74, 6) is -0.423. The molecule has 114 valence electrons. The molecule has 1 aromatic carbocycles. The molecule has 5 nitrogen and oxygen atoms in total. The largest absolute Gasteiger partial charge is 0.483 e. The van der Waals surface area contributed by atoms with E-state index in [4.69, 9.17) is 21.4 Å². The summed E-state index contributed by atoms with van der Waals surface area (Å²) in [6.07, 6.45) is 2.10. The van der Waals surface area contributed by atoms with Gasteiger partial charge in [-0.25, -0.2) is 0 Å². The van der Waals surface area contributed by atoms with E-state index in [-0.39, 0.29) is 19.1 Å². The monoisotopic (exact) mass is 375 g/mol. The van der Waals surface area contributed by atoms with Crippen LogP contribution >= 0.6 is 27.5 Å². The summed E-state index contributed by atoms with van der Waals surface area (Å²) in [7, 11) is 0. The van der Waals surface area contributed by atoms with Gasteiger partial charge >= 0.3 is 5.97 Å². The fourth-order valence-electron chi connectivity index (χ4n) is 1.85. The highest BCUT2D eigenvalue weighted by Crippen LogP contribution is 2.30. The molecule has 1 aromatic rings. The Morgan fingerprint density at radius 2 is 2.14 bits per heavy atom. The third-order valence-corrected chi connectivity index (χ3v) is 3.95. The Bertz CT molecular complexity index is 548. The quantitative estimate of drug-likeness (QED) is 0.794. The van der Waals surface area contributed by atoms with Crippen molar-refractivity contribution in [2.45, 2.75) is 12.8 Å². The third-order valence-electron chi connectivity index (χ3n) is 3.10. The molecule has 2 rings (SSSR count). The van der Waals surface area contributed by atoms with Gasteiger partial charge < -0.3 is 14.7 Å². The van der Waals surface area contributed by atoms with E-state index in [2.05, 4.69) is 15.9 Å². The van der Waals surface area contributed by atoms with Crippen molar-refractivity contribution in [3.05, 3.63) is 27.7 Å². The SMILES string of the molecule is O=C(O)CN(CC1CC1)C(=O)COc1ccc(Cl)cc1Br. The Kier molecular flexibility index (Phi) is 5.47. The lowest BCUT2D eigenvalue weighted by atomic mass is 10.3. The maximum atomic E-state index is 12.1. The summed E-state index contributed by atoms with van der Waals surface area (Å²) >= 11 is 9.12. The van der Waals surface area contributed by atoms with Gasteiger partial charge in [-0.2, -0.15) is 0 Å². The zero-order valence-electron chi connectivity index (χ0n) is 11.2. The highest BCUT2D eigenvalue weighted by molar-refractivity contribution is 9.10. The highest BCUT2D eigenvalue weighted by atomic mass is 79.9. The first kappa shape index (κ1) is 16.1. The minimum absolute atomic E-state index is 0.194.